The van der Waals surface area contributed by atoms with Crippen LogP contribution in [0.25, 0.3) is 0 Å². The monoisotopic (exact) mass is 196 g/mol. The minimum absolute atomic E-state index is 0.110. The van der Waals surface area contributed by atoms with E-state index in [2.05, 4.69) is 0 Å². The van der Waals surface area contributed by atoms with Gasteiger partial charge >= 0.3 is 0 Å². The van der Waals surface area contributed by atoms with Gasteiger partial charge in [0.15, 0.2) is 0 Å². The van der Waals surface area contributed by atoms with E-state index < -0.39 is 5.91 Å². The zero-order valence-electron chi connectivity index (χ0n) is 8.31. The Hall–Kier alpha value is -1.03. The summed E-state index contributed by atoms with van der Waals surface area (Å²) in [5.41, 5.74) is 5.86. The maximum Gasteiger partial charge on any atom is 0.264 e. The number of nitrogens with two attached hydrogens (primary N) is 1. The fraction of sp³-hybridized carbons (Fsp3) is 0.700. The molecule has 3 atom stereocenters. The fourth-order valence-electron chi connectivity index (χ4n) is 2.75. The van der Waals surface area contributed by atoms with E-state index in [1.165, 1.54) is 0 Å². The minimum atomic E-state index is -0.390. The molecule has 78 valence electrons. The van der Waals surface area contributed by atoms with Crippen molar-refractivity contribution in [1.29, 1.82) is 0 Å². The minimum Gasteiger partial charge on any atom is -0.391 e. The lowest BCUT2D eigenvalue weighted by Crippen LogP contribution is -2.36. The van der Waals surface area contributed by atoms with Gasteiger partial charge in [-0.05, 0) is 26.2 Å². The zero-order valence-corrected chi connectivity index (χ0v) is 8.31. The highest BCUT2D eigenvalue weighted by atomic mass is 16.3. The van der Waals surface area contributed by atoms with E-state index in [9.17, 15) is 9.90 Å². The van der Waals surface area contributed by atoms with Crippen LogP contribution in [0.15, 0.2) is 11.8 Å². The molecule has 2 heterocycles. The van der Waals surface area contributed by atoms with Gasteiger partial charge in [-0.2, -0.15) is 0 Å². The van der Waals surface area contributed by atoms with Crippen LogP contribution in [0.2, 0.25) is 0 Å². The van der Waals surface area contributed by atoms with Gasteiger partial charge in [-0.1, -0.05) is 6.08 Å². The van der Waals surface area contributed by atoms with Crippen LogP contribution in [0.1, 0.15) is 26.2 Å². The number of aliphatic hydroxyl groups is 1. The Kier molecular flexibility index (Phi) is 2.23. The van der Waals surface area contributed by atoms with Crippen molar-refractivity contribution in [2.75, 3.05) is 0 Å². The van der Waals surface area contributed by atoms with E-state index in [0.29, 0.717) is 11.7 Å². The van der Waals surface area contributed by atoms with Crippen molar-refractivity contribution in [3.05, 3.63) is 11.8 Å². The molecule has 0 radical (unpaired) electrons. The first-order valence-corrected chi connectivity index (χ1v) is 5.07. The predicted molar refractivity (Wildman–Crippen MR) is 52.2 cm³/mol. The summed E-state index contributed by atoms with van der Waals surface area (Å²) in [7, 11) is 0. The van der Waals surface area contributed by atoms with Crippen molar-refractivity contribution in [1.82, 2.24) is 4.90 Å². The van der Waals surface area contributed by atoms with Crippen molar-refractivity contribution < 1.29 is 9.90 Å². The highest BCUT2D eigenvalue weighted by Gasteiger charge is 2.46. The van der Waals surface area contributed by atoms with Crippen LogP contribution < -0.4 is 5.73 Å². The van der Waals surface area contributed by atoms with Gasteiger partial charge in [0.25, 0.3) is 5.91 Å². The third-order valence-electron chi connectivity index (χ3n) is 3.31. The van der Waals surface area contributed by atoms with Crippen LogP contribution in [-0.4, -0.2) is 34.1 Å². The lowest BCUT2D eigenvalue weighted by atomic mass is 9.98. The molecule has 2 saturated heterocycles. The Balaban J connectivity index is 2.24. The summed E-state index contributed by atoms with van der Waals surface area (Å²) in [6.45, 7) is 1.81. The quantitative estimate of drug-likeness (QED) is 0.610. The number of hydrogen-bond acceptors (Lipinski definition) is 3. The van der Waals surface area contributed by atoms with Crippen LogP contribution in [0, 0.1) is 0 Å². The summed E-state index contributed by atoms with van der Waals surface area (Å²) in [6.07, 6.45) is 4.26. The molecule has 2 aliphatic heterocycles. The molecule has 0 saturated carbocycles. The summed E-state index contributed by atoms with van der Waals surface area (Å²) in [6, 6.07) is 0.424. The Morgan fingerprint density at radius 2 is 2.29 bits per heavy atom. The molecule has 0 unspecified atom stereocenters. The lowest BCUT2D eigenvalue weighted by Gasteiger charge is -2.25. The largest absolute Gasteiger partial charge is 0.391 e. The summed E-state index contributed by atoms with van der Waals surface area (Å²) < 4.78 is 0. The number of amides is 1. The number of primary amides is 1. The molecule has 2 fully saturated rings. The molecular weight excluding hydrogens is 180 g/mol. The summed E-state index contributed by atoms with van der Waals surface area (Å²) >= 11 is 0. The molecular formula is C10H16N2O2. The SMILES string of the molecule is CC=C(C(N)=O)N1[C@H]2CC[C@@H]1[C@@H](O)C2. The molecule has 0 aromatic heterocycles. The Labute approximate surface area is 83.4 Å². The molecule has 4 heteroatoms. The molecule has 3 N–H and O–H groups in total. The molecule has 4 nitrogen and oxygen atoms in total. The second-order valence-corrected chi connectivity index (χ2v) is 4.05. The second kappa shape index (κ2) is 3.28. The number of carbonyl (C=O) groups is 1. The molecule has 0 aromatic carbocycles. The van der Waals surface area contributed by atoms with Crippen LogP contribution in [-0.2, 0) is 4.79 Å². The van der Waals surface area contributed by atoms with E-state index >= 15 is 0 Å². The maximum absolute atomic E-state index is 11.2. The third kappa shape index (κ3) is 1.21. The van der Waals surface area contributed by atoms with Gasteiger partial charge in [-0.3, -0.25) is 4.79 Å². The highest BCUT2D eigenvalue weighted by Crippen LogP contribution is 2.40. The van der Waals surface area contributed by atoms with E-state index in [4.69, 9.17) is 5.73 Å². The molecule has 0 spiro atoms. The number of carbonyl (C=O) groups excluding carboxylic acids is 1. The number of nitrogens with zero attached hydrogens (tertiary/aromatic N) is 1. The van der Waals surface area contributed by atoms with Crippen LogP contribution in [0.4, 0.5) is 0 Å². The maximum atomic E-state index is 11.2. The van der Waals surface area contributed by atoms with Gasteiger partial charge in [-0.15, -0.1) is 0 Å². The van der Waals surface area contributed by atoms with Crippen molar-refractivity contribution in [3.63, 3.8) is 0 Å². The number of allylic oxidation sites excluding steroid dienone is 1. The Morgan fingerprint density at radius 3 is 2.64 bits per heavy atom. The van der Waals surface area contributed by atoms with Gasteiger partial charge in [0, 0.05) is 6.04 Å². The topological polar surface area (TPSA) is 66.6 Å². The molecule has 0 aliphatic carbocycles. The summed E-state index contributed by atoms with van der Waals surface area (Å²) in [5.74, 6) is -0.390. The van der Waals surface area contributed by atoms with Crippen molar-refractivity contribution in [2.45, 2.75) is 44.4 Å². The van der Waals surface area contributed by atoms with E-state index in [-0.39, 0.29) is 12.1 Å². The standard InChI is InChI=1S/C10H16N2O2/c1-2-7(10(11)14)12-6-3-4-8(12)9(13)5-6/h2,6,8-9,13H,3-5H2,1H3,(H2,11,14)/t6-,8+,9-/m0/s1. The Morgan fingerprint density at radius 1 is 1.57 bits per heavy atom. The highest BCUT2D eigenvalue weighted by molar-refractivity contribution is 5.91. The Bertz CT molecular complexity index is 288. The van der Waals surface area contributed by atoms with Gasteiger partial charge in [0.05, 0.1) is 17.8 Å². The smallest absolute Gasteiger partial charge is 0.264 e. The zero-order chi connectivity index (χ0) is 10.3. The number of rotatable bonds is 2. The van der Waals surface area contributed by atoms with E-state index in [1.54, 1.807) is 6.08 Å². The van der Waals surface area contributed by atoms with Crippen molar-refractivity contribution in [2.24, 2.45) is 5.73 Å². The van der Waals surface area contributed by atoms with Gasteiger partial charge in [-0.25, -0.2) is 0 Å². The predicted octanol–water partition coefficient (Wildman–Crippen LogP) is -0.0269. The molecule has 2 bridgehead atoms. The first-order valence-electron chi connectivity index (χ1n) is 5.07. The molecule has 0 aromatic rings. The average Bonchev–Trinajstić information content (AvgIpc) is 2.62. The van der Waals surface area contributed by atoms with Crippen LogP contribution in [0.3, 0.4) is 0 Å². The summed E-state index contributed by atoms with van der Waals surface area (Å²) in [5, 5.41) is 9.69. The van der Waals surface area contributed by atoms with E-state index in [1.807, 2.05) is 11.8 Å². The second-order valence-electron chi connectivity index (χ2n) is 4.05. The molecule has 2 aliphatic rings. The molecule has 1 amide bonds. The van der Waals surface area contributed by atoms with Gasteiger partial charge in [0.1, 0.15) is 0 Å². The number of aliphatic hydroxyl groups excluding tert-OH is 1. The first kappa shape index (κ1) is 9.52. The van der Waals surface area contributed by atoms with Gasteiger partial charge in [0.2, 0.25) is 0 Å². The first-order chi connectivity index (χ1) is 6.65. The number of fused-ring (bicyclic) bond motifs is 2. The van der Waals surface area contributed by atoms with Crippen LogP contribution in [0.5, 0.6) is 0 Å². The molecule has 14 heavy (non-hydrogen) atoms. The van der Waals surface area contributed by atoms with Crippen molar-refractivity contribution in [3.8, 4) is 0 Å². The number of hydrogen-bond donors (Lipinski definition) is 2. The fourth-order valence-corrected chi connectivity index (χ4v) is 2.75. The average molecular weight is 196 g/mol. The van der Waals surface area contributed by atoms with Crippen molar-refractivity contribution >= 4 is 5.91 Å². The van der Waals surface area contributed by atoms with Crippen LogP contribution >= 0.6 is 0 Å². The van der Waals surface area contributed by atoms with Gasteiger partial charge < -0.3 is 15.7 Å². The molecule has 2 rings (SSSR count). The third-order valence-corrected chi connectivity index (χ3v) is 3.31. The van der Waals surface area contributed by atoms with E-state index in [0.717, 1.165) is 19.3 Å². The normalized spacial score (nSPS) is 36.6. The summed E-state index contributed by atoms with van der Waals surface area (Å²) in [4.78, 5) is 13.2. The lowest BCUT2D eigenvalue weighted by molar-refractivity contribution is -0.116.